The van der Waals surface area contributed by atoms with Crippen LogP contribution in [0.25, 0.3) is 11.6 Å². The Hall–Kier alpha value is -2.45. The molecule has 1 saturated heterocycles. The number of nitrogens with one attached hydrogen (secondary N) is 1. The summed E-state index contributed by atoms with van der Waals surface area (Å²) in [4.78, 5) is -4.38. The highest BCUT2D eigenvalue weighted by molar-refractivity contribution is 8.00. The minimum Gasteiger partial charge on any atom is -0.326 e. The van der Waals surface area contributed by atoms with Gasteiger partial charge in [-0.25, -0.2) is 16.8 Å². The van der Waals surface area contributed by atoms with E-state index in [-0.39, 0.29) is 22.8 Å². The summed E-state index contributed by atoms with van der Waals surface area (Å²) in [6, 6.07) is 5.69. The summed E-state index contributed by atoms with van der Waals surface area (Å²) in [7, 11) is -10.7. The number of fused-ring (bicyclic) bond motifs is 3. The number of benzene rings is 1. The van der Waals surface area contributed by atoms with Crippen LogP contribution in [0.1, 0.15) is 56.6 Å². The number of sulfone groups is 2. The third-order valence-corrected chi connectivity index (χ3v) is 10.4. The minimum absolute atomic E-state index is 0.153. The number of allylic oxidation sites excluding steroid dienone is 4. The van der Waals surface area contributed by atoms with Gasteiger partial charge in [0.15, 0.2) is 0 Å². The van der Waals surface area contributed by atoms with Crippen molar-refractivity contribution in [1.29, 1.82) is 5.41 Å². The van der Waals surface area contributed by atoms with Crippen molar-refractivity contribution < 1.29 is 47.7 Å². The first-order chi connectivity index (χ1) is 18.4. The number of quaternary nitrogens is 1. The van der Waals surface area contributed by atoms with Gasteiger partial charge >= 0.3 is 11.0 Å². The molecule has 0 radical (unpaired) electrons. The van der Waals surface area contributed by atoms with Crippen molar-refractivity contribution in [3.63, 3.8) is 0 Å². The maximum Gasteiger partial charge on any atom is 0.502 e. The molecule has 0 spiro atoms. The molecule has 0 bridgehead atoms. The monoisotopic (exact) mass is 613 g/mol. The van der Waals surface area contributed by atoms with Crippen LogP contribution in [0.4, 0.5) is 26.3 Å². The molecule has 6 nitrogen and oxygen atoms in total. The fraction of sp³-hybridized carbons (Fsp3) is 0.500. The van der Waals surface area contributed by atoms with Gasteiger partial charge in [-0.2, -0.15) is 26.3 Å². The van der Waals surface area contributed by atoms with Crippen LogP contribution in [0.15, 0.2) is 45.7 Å². The highest BCUT2D eigenvalue weighted by Gasteiger charge is 2.57. The highest BCUT2D eigenvalue weighted by atomic mass is 32.2. The largest absolute Gasteiger partial charge is 0.502 e. The van der Waals surface area contributed by atoms with E-state index in [4.69, 9.17) is 5.41 Å². The fourth-order valence-electron chi connectivity index (χ4n) is 5.00. The summed E-state index contributed by atoms with van der Waals surface area (Å²) in [5, 5.41) is 7.82. The summed E-state index contributed by atoms with van der Waals surface area (Å²) in [6.07, 6.45) is 9.94. The van der Waals surface area contributed by atoms with E-state index < -0.39 is 51.8 Å². The number of alkyl halides is 6. The van der Waals surface area contributed by atoms with E-state index in [0.29, 0.717) is 0 Å². The van der Waals surface area contributed by atoms with Crippen LogP contribution >= 0.6 is 0 Å². The first-order valence-electron chi connectivity index (χ1n) is 12.7. The molecule has 0 aromatic heterocycles. The molecule has 0 unspecified atom stereocenters. The molecule has 1 fully saturated rings. The van der Waals surface area contributed by atoms with Gasteiger partial charge in [0.1, 0.15) is 4.91 Å². The molecule has 222 valence electrons. The normalized spacial score (nSPS) is 18.9. The molecule has 3 aliphatic rings. The lowest BCUT2D eigenvalue weighted by Gasteiger charge is -2.29. The van der Waals surface area contributed by atoms with E-state index in [1.165, 1.54) is 86.9 Å². The first kappa shape index (κ1) is 32.1. The molecule has 2 aliphatic carbocycles. The van der Waals surface area contributed by atoms with Crippen molar-refractivity contribution in [3.05, 3.63) is 56.9 Å². The average molecular weight is 614 g/mol. The first-order valence-corrected chi connectivity index (χ1v) is 15.7. The molecular formula is C26H31F6N2O4S2+. The zero-order valence-electron chi connectivity index (χ0n) is 22.0. The molecule has 1 aromatic carbocycles. The van der Waals surface area contributed by atoms with Gasteiger partial charge in [0.2, 0.25) is 0 Å². The van der Waals surface area contributed by atoms with Gasteiger partial charge in [0.05, 0.1) is 37.3 Å². The fourth-order valence-corrected chi connectivity index (χ4v) is 7.46. The Morgan fingerprint density at radius 2 is 1.40 bits per heavy atom. The molecule has 0 atom stereocenters. The van der Waals surface area contributed by atoms with Crippen LogP contribution < -0.4 is 0 Å². The molecule has 40 heavy (non-hydrogen) atoms. The van der Waals surface area contributed by atoms with Crippen LogP contribution in [0, 0.1) is 5.41 Å². The Bertz CT molecular complexity index is 1460. The number of hydrogen-bond acceptors (Lipinski definition) is 5. The lowest BCUT2D eigenvalue weighted by atomic mass is 9.95. The van der Waals surface area contributed by atoms with Crippen LogP contribution in [-0.2, 0) is 19.7 Å². The second kappa shape index (κ2) is 11.4. The number of nitrogens with zero attached hydrogens (tertiary/aromatic N) is 1. The summed E-state index contributed by atoms with van der Waals surface area (Å²) in [5.74, 6) is 0. The number of unbranched alkanes of at least 4 members (excludes halogenated alkanes) is 3. The van der Waals surface area contributed by atoms with Gasteiger partial charge in [-0.3, -0.25) is 5.41 Å². The molecule has 0 saturated carbocycles. The molecule has 1 aromatic rings. The molecule has 14 heteroatoms. The predicted molar refractivity (Wildman–Crippen MR) is 141 cm³/mol. The molecular weight excluding hydrogens is 582 g/mol. The Morgan fingerprint density at radius 1 is 0.825 bits per heavy atom. The predicted octanol–water partition coefficient (Wildman–Crippen LogP) is 6.39. The van der Waals surface area contributed by atoms with Crippen molar-refractivity contribution in [2.75, 3.05) is 26.7 Å². The standard InChI is InChI=1S/C15H7F6NO4S2.C11H24N/c16-14(17,18)27(23,24)11-6-9-8-4-2-1-3-7(8)5-10(9)12(22)13(11)28(25,26)15(19,20)21;1-3-4-5-6-9-12(2)10-7-8-11-12/h1-6,22H;3-11H2,1-2H3/q;+1. The summed E-state index contributed by atoms with van der Waals surface area (Å²) in [5.41, 5.74) is -13.9. The van der Waals surface area contributed by atoms with Gasteiger partial charge in [-0.1, -0.05) is 44.0 Å². The molecule has 0 amide bonds. The zero-order valence-corrected chi connectivity index (χ0v) is 23.6. The molecule has 1 aliphatic heterocycles. The third kappa shape index (κ3) is 6.23. The van der Waals surface area contributed by atoms with Crippen molar-refractivity contribution in [2.24, 2.45) is 0 Å². The smallest absolute Gasteiger partial charge is 0.326 e. The van der Waals surface area contributed by atoms with E-state index in [9.17, 15) is 43.2 Å². The molecule has 1 N–H and O–H groups in total. The quantitative estimate of drug-likeness (QED) is 0.219. The average Bonchev–Trinajstić information content (AvgIpc) is 3.45. The van der Waals surface area contributed by atoms with E-state index in [0.717, 1.165) is 6.08 Å². The van der Waals surface area contributed by atoms with Gasteiger partial charge in [-0.15, -0.1) is 0 Å². The van der Waals surface area contributed by atoms with E-state index in [2.05, 4.69) is 14.0 Å². The van der Waals surface area contributed by atoms with E-state index in [1.807, 2.05) is 0 Å². The van der Waals surface area contributed by atoms with Gasteiger partial charge in [0.25, 0.3) is 19.7 Å². The van der Waals surface area contributed by atoms with Crippen LogP contribution in [0.2, 0.25) is 0 Å². The van der Waals surface area contributed by atoms with E-state index >= 15 is 0 Å². The Labute approximate surface area is 230 Å². The molecule has 4 rings (SSSR count). The topological polar surface area (TPSA) is 92.1 Å². The number of hydrogen-bond donors (Lipinski definition) is 1. The second-order valence-corrected chi connectivity index (χ2v) is 14.0. The Kier molecular flexibility index (Phi) is 9.17. The Balaban J connectivity index is 0.000000307. The lowest BCUT2D eigenvalue weighted by molar-refractivity contribution is -0.897. The van der Waals surface area contributed by atoms with Crippen LogP contribution in [0.5, 0.6) is 0 Å². The van der Waals surface area contributed by atoms with Gasteiger partial charge in [-0.05, 0) is 41.7 Å². The Morgan fingerprint density at radius 3 is 1.95 bits per heavy atom. The van der Waals surface area contributed by atoms with Crippen molar-refractivity contribution in [2.45, 2.75) is 56.5 Å². The van der Waals surface area contributed by atoms with Gasteiger partial charge < -0.3 is 4.48 Å². The third-order valence-electron chi connectivity index (χ3n) is 7.20. The number of rotatable bonds is 7. The summed E-state index contributed by atoms with van der Waals surface area (Å²) in [6.45, 7) is 6.59. The molecule has 1 heterocycles. The number of likely N-dealkylation sites (tertiary alicyclic amines) is 1. The van der Waals surface area contributed by atoms with Crippen molar-refractivity contribution >= 4 is 37.0 Å². The summed E-state index contributed by atoms with van der Waals surface area (Å²) >= 11 is 0. The minimum atomic E-state index is -6.58. The van der Waals surface area contributed by atoms with Crippen molar-refractivity contribution in [3.8, 4) is 0 Å². The number of halogens is 6. The van der Waals surface area contributed by atoms with Crippen LogP contribution in [-0.4, -0.2) is 64.7 Å². The van der Waals surface area contributed by atoms with Gasteiger partial charge in [0, 0.05) is 18.4 Å². The lowest BCUT2D eigenvalue weighted by Crippen LogP contribution is -2.41. The van der Waals surface area contributed by atoms with Crippen LogP contribution in [0.3, 0.4) is 0 Å². The highest BCUT2D eigenvalue weighted by Crippen LogP contribution is 2.47. The zero-order chi connectivity index (χ0) is 30.1. The maximum atomic E-state index is 13.0. The van der Waals surface area contributed by atoms with Crippen molar-refractivity contribution in [1.82, 2.24) is 0 Å². The van der Waals surface area contributed by atoms with E-state index in [1.54, 1.807) is 0 Å². The second-order valence-electron chi connectivity index (χ2n) is 10.2. The summed E-state index contributed by atoms with van der Waals surface area (Å²) < 4.78 is 127. The maximum absolute atomic E-state index is 13.0. The SMILES string of the molecule is CCCCCC[N+]1(C)CCCC1.N=C1C2=Cc3ccccc3C2=CC(S(=O)(=O)C(F)(F)F)=C1S(=O)(=O)C(F)(F)F.